The molecule has 3 unspecified atom stereocenters. The van der Waals surface area contributed by atoms with Crippen molar-refractivity contribution in [2.75, 3.05) is 13.2 Å². The van der Waals surface area contributed by atoms with Crippen molar-refractivity contribution in [1.29, 1.82) is 0 Å². The molecule has 3 atom stereocenters. The third kappa shape index (κ3) is 11.2. The van der Waals surface area contributed by atoms with Gasteiger partial charge in [-0.25, -0.2) is 4.79 Å². The normalized spacial score (nSPS) is 13.8. The maximum Gasteiger partial charge on any atom is 0.408 e. The highest BCUT2D eigenvalue weighted by atomic mass is 16.6. The first-order chi connectivity index (χ1) is 17.3. The summed E-state index contributed by atoms with van der Waals surface area (Å²) in [7, 11) is 0. The minimum atomic E-state index is -0.957. The van der Waals surface area contributed by atoms with Crippen molar-refractivity contribution in [3.63, 3.8) is 0 Å². The standard InChI is InChI=1S/C28H45N3O6/c1-9-20(5)31(26(34)22(18-19(3)4)30-27(35)37-28(6,7)8)24(21-14-12-11-13-15-21)25(33)29-17-16-23(32)36-10-2/h11-15,19-20,22,24H,9-10,16-18H2,1-8H3,(H,29,33)(H,30,35). The molecule has 0 radical (unpaired) electrons. The lowest BCUT2D eigenvalue weighted by molar-refractivity contribution is -0.146. The number of carbonyl (C=O) groups excluding carboxylic acids is 4. The molecule has 0 aromatic heterocycles. The molecule has 0 saturated carbocycles. The number of carbonyl (C=O) groups is 4. The number of amides is 3. The number of hydrogen-bond donors (Lipinski definition) is 2. The van der Waals surface area contributed by atoms with E-state index >= 15 is 0 Å². The summed E-state index contributed by atoms with van der Waals surface area (Å²) in [4.78, 5) is 53.5. The van der Waals surface area contributed by atoms with E-state index in [1.807, 2.05) is 33.8 Å². The van der Waals surface area contributed by atoms with Crippen LogP contribution in [0.25, 0.3) is 0 Å². The van der Waals surface area contributed by atoms with Crippen molar-refractivity contribution in [2.45, 2.75) is 98.4 Å². The summed E-state index contributed by atoms with van der Waals surface area (Å²) >= 11 is 0. The summed E-state index contributed by atoms with van der Waals surface area (Å²) in [6, 6.07) is 6.86. The van der Waals surface area contributed by atoms with Gasteiger partial charge in [0.1, 0.15) is 17.7 Å². The summed E-state index contributed by atoms with van der Waals surface area (Å²) in [6.45, 7) is 15.0. The number of nitrogens with zero attached hydrogens (tertiary/aromatic N) is 1. The summed E-state index contributed by atoms with van der Waals surface area (Å²) in [5.74, 6) is -1.10. The molecule has 0 saturated heterocycles. The van der Waals surface area contributed by atoms with Crippen LogP contribution >= 0.6 is 0 Å². The first kappa shape index (κ1) is 31.9. The summed E-state index contributed by atoms with van der Waals surface area (Å²) in [5.41, 5.74) is -0.0950. The Morgan fingerprint density at radius 1 is 1.00 bits per heavy atom. The molecule has 37 heavy (non-hydrogen) atoms. The second-order valence-corrected chi connectivity index (χ2v) is 10.5. The lowest BCUT2D eigenvalue weighted by Crippen LogP contribution is -2.55. The Hall–Kier alpha value is -3.10. The zero-order valence-electron chi connectivity index (χ0n) is 23.6. The molecule has 0 aliphatic heterocycles. The maximum atomic E-state index is 14.1. The molecule has 1 aromatic rings. The highest BCUT2D eigenvalue weighted by Gasteiger charge is 2.38. The smallest absolute Gasteiger partial charge is 0.408 e. The van der Waals surface area contributed by atoms with E-state index in [0.29, 0.717) is 18.4 Å². The van der Waals surface area contributed by atoms with Gasteiger partial charge in [0.25, 0.3) is 0 Å². The molecule has 1 rings (SSSR count). The van der Waals surface area contributed by atoms with Crippen LogP contribution in [-0.4, -0.2) is 59.6 Å². The lowest BCUT2D eigenvalue weighted by Gasteiger charge is -2.38. The van der Waals surface area contributed by atoms with Crippen LogP contribution in [0.15, 0.2) is 30.3 Å². The first-order valence-corrected chi connectivity index (χ1v) is 13.1. The van der Waals surface area contributed by atoms with Crippen LogP contribution in [0, 0.1) is 5.92 Å². The molecular weight excluding hydrogens is 474 g/mol. The quantitative estimate of drug-likeness (QED) is 0.374. The van der Waals surface area contributed by atoms with E-state index in [4.69, 9.17) is 9.47 Å². The predicted molar refractivity (Wildman–Crippen MR) is 143 cm³/mol. The first-order valence-electron chi connectivity index (χ1n) is 13.1. The maximum absolute atomic E-state index is 14.1. The number of hydrogen-bond acceptors (Lipinski definition) is 6. The van der Waals surface area contributed by atoms with Crippen LogP contribution in [-0.2, 0) is 23.9 Å². The molecule has 0 aliphatic carbocycles. The van der Waals surface area contributed by atoms with Crippen LogP contribution < -0.4 is 10.6 Å². The van der Waals surface area contributed by atoms with Crippen molar-refractivity contribution in [3.05, 3.63) is 35.9 Å². The fraction of sp³-hybridized carbons (Fsp3) is 0.643. The van der Waals surface area contributed by atoms with Gasteiger partial charge in [0, 0.05) is 12.6 Å². The molecule has 2 N–H and O–H groups in total. The van der Waals surface area contributed by atoms with Crippen LogP contribution in [0.4, 0.5) is 4.79 Å². The van der Waals surface area contributed by atoms with Gasteiger partial charge in [-0.2, -0.15) is 0 Å². The molecule has 1 aromatic carbocycles. The minimum absolute atomic E-state index is 0.0224. The molecule has 0 heterocycles. The van der Waals surface area contributed by atoms with Gasteiger partial charge in [-0.05, 0) is 58.9 Å². The molecule has 208 valence electrons. The average molecular weight is 520 g/mol. The topological polar surface area (TPSA) is 114 Å². The van der Waals surface area contributed by atoms with Gasteiger partial charge < -0.3 is 25.0 Å². The highest BCUT2D eigenvalue weighted by molar-refractivity contribution is 5.92. The third-order valence-corrected chi connectivity index (χ3v) is 5.59. The Kier molecular flexibility index (Phi) is 13.1. The van der Waals surface area contributed by atoms with E-state index in [9.17, 15) is 19.2 Å². The van der Waals surface area contributed by atoms with E-state index in [2.05, 4.69) is 10.6 Å². The van der Waals surface area contributed by atoms with Crippen LogP contribution in [0.3, 0.4) is 0 Å². The largest absolute Gasteiger partial charge is 0.466 e. The highest BCUT2D eigenvalue weighted by Crippen LogP contribution is 2.27. The van der Waals surface area contributed by atoms with Crippen molar-refractivity contribution in [1.82, 2.24) is 15.5 Å². The fourth-order valence-corrected chi connectivity index (χ4v) is 3.81. The van der Waals surface area contributed by atoms with Crippen LogP contribution in [0.5, 0.6) is 0 Å². The van der Waals surface area contributed by atoms with Crippen molar-refractivity contribution >= 4 is 23.9 Å². The molecule has 9 nitrogen and oxygen atoms in total. The molecule has 9 heteroatoms. The molecule has 0 bridgehead atoms. The minimum Gasteiger partial charge on any atom is -0.466 e. The van der Waals surface area contributed by atoms with Gasteiger partial charge in [-0.3, -0.25) is 14.4 Å². The van der Waals surface area contributed by atoms with Gasteiger partial charge >= 0.3 is 12.1 Å². The van der Waals surface area contributed by atoms with Gasteiger partial charge in [-0.1, -0.05) is 51.1 Å². The molecule has 0 fully saturated rings. The zero-order chi connectivity index (χ0) is 28.2. The lowest BCUT2D eigenvalue weighted by atomic mass is 9.97. The molecular formula is C28H45N3O6. The van der Waals surface area contributed by atoms with Crippen LogP contribution in [0.2, 0.25) is 0 Å². The number of rotatable bonds is 13. The van der Waals surface area contributed by atoms with Crippen LogP contribution in [0.1, 0.15) is 86.3 Å². The second-order valence-electron chi connectivity index (χ2n) is 10.5. The molecule has 0 aliphatic rings. The van der Waals surface area contributed by atoms with Crippen molar-refractivity contribution in [2.24, 2.45) is 5.92 Å². The summed E-state index contributed by atoms with van der Waals surface area (Å²) in [6.07, 6.45) is 0.295. The third-order valence-electron chi connectivity index (χ3n) is 5.59. The van der Waals surface area contributed by atoms with E-state index in [1.54, 1.807) is 56.9 Å². The second kappa shape index (κ2) is 15.2. The van der Waals surface area contributed by atoms with Gasteiger partial charge in [0.15, 0.2) is 0 Å². The van der Waals surface area contributed by atoms with Crippen molar-refractivity contribution in [3.8, 4) is 0 Å². The number of benzene rings is 1. The fourth-order valence-electron chi connectivity index (χ4n) is 3.81. The number of alkyl carbamates (subject to hydrolysis) is 1. The molecule has 3 amide bonds. The average Bonchev–Trinajstić information content (AvgIpc) is 2.80. The van der Waals surface area contributed by atoms with E-state index in [1.165, 1.54) is 0 Å². The van der Waals surface area contributed by atoms with E-state index in [0.717, 1.165) is 0 Å². The monoisotopic (exact) mass is 519 g/mol. The SMILES string of the molecule is CCOC(=O)CCNC(=O)C(c1ccccc1)N(C(=O)C(CC(C)C)NC(=O)OC(C)(C)C)C(C)CC. The van der Waals surface area contributed by atoms with Gasteiger partial charge in [0.2, 0.25) is 11.8 Å². The Morgan fingerprint density at radius 3 is 2.14 bits per heavy atom. The number of ether oxygens (including phenoxy) is 2. The Labute approximate surface area is 221 Å². The summed E-state index contributed by atoms with van der Waals surface area (Å²) in [5, 5.41) is 5.53. The Balaban J connectivity index is 3.37. The van der Waals surface area contributed by atoms with Gasteiger partial charge in [-0.15, -0.1) is 0 Å². The Bertz CT molecular complexity index is 882. The zero-order valence-corrected chi connectivity index (χ0v) is 23.6. The number of esters is 1. The van der Waals surface area contributed by atoms with Crippen molar-refractivity contribution < 1.29 is 28.7 Å². The Morgan fingerprint density at radius 2 is 1.62 bits per heavy atom. The molecule has 0 spiro atoms. The number of nitrogens with one attached hydrogen (secondary N) is 2. The van der Waals surface area contributed by atoms with E-state index < -0.39 is 35.7 Å². The van der Waals surface area contributed by atoms with Gasteiger partial charge in [0.05, 0.1) is 13.0 Å². The summed E-state index contributed by atoms with van der Waals surface area (Å²) < 4.78 is 10.4. The van der Waals surface area contributed by atoms with E-state index in [-0.39, 0.29) is 37.4 Å². The predicted octanol–water partition coefficient (Wildman–Crippen LogP) is 4.36.